The molecule has 0 spiro atoms. The molecule has 1 aliphatic heterocycles. The lowest BCUT2D eigenvalue weighted by Gasteiger charge is -2.38. The number of rotatable bonds is 9. The van der Waals surface area contributed by atoms with E-state index in [0.717, 1.165) is 15.6 Å². The summed E-state index contributed by atoms with van der Waals surface area (Å²) in [5.41, 5.74) is 1.15. The minimum Gasteiger partial charge on any atom is -0.457 e. The van der Waals surface area contributed by atoms with E-state index in [1.165, 1.54) is 0 Å². The topological polar surface area (TPSA) is 76.9 Å². The van der Waals surface area contributed by atoms with Crippen LogP contribution in [0.3, 0.4) is 0 Å². The number of amides is 2. The number of halogens is 3. The minimum absolute atomic E-state index is 0.0545. The van der Waals surface area contributed by atoms with Crippen LogP contribution >= 0.6 is 39.1 Å². The molecule has 3 aromatic rings. The summed E-state index contributed by atoms with van der Waals surface area (Å²) in [6.45, 7) is 7.33. The Balaban J connectivity index is 1.60. The van der Waals surface area contributed by atoms with E-state index in [2.05, 4.69) is 21.0 Å². The molecule has 4 rings (SSSR count). The van der Waals surface area contributed by atoms with Crippen LogP contribution in [0.15, 0.2) is 53.3 Å². The zero-order valence-electron chi connectivity index (χ0n) is 23.2. The number of carbonyl (C=O) groups is 2. The first-order valence-electron chi connectivity index (χ1n) is 12.9. The van der Waals surface area contributed by atoms with E-state index in [4.69, 9.17) is 32.7 Å². The Labute approximate surface area is 253 Å². The smallest absolute Gasteiger partial charge is 0.228 e. The fraction of sp³-hybridized carbons (Fsp3) is 0.414. The van der Waals surface area contributed by atoms with Crippen LogP contribution in [0.1, 0.15) is 44.4 Å². The molecule has 8 nitrogen and oxygen atoms in total. The van der Waals surface area contributed by atoms with E-state index in [1.54, 1.807) is 48.1 Å². The van der Waals surface area contributed by atoms with Crippen molar-refractivity contribution in [2.24, 2.45) is 5.92 Å². The monoisotopic (exact) mass is 650 g/mol. The molecule has 1 fully saturated rings. The molecule has 0 N–H and O–H groups in total. The molecule has 0 bridgehead atoms. The minimum atomic E-state index is -0.563. The summed E-state index contributed by atoms with van der Waals surface area (Å²) in [5.74, 6) is 0.351. The number of hydrogen-bond donors (Lipinski definition) is 0. The number of aromatic nitrogens is 2. The molecule has 0 radical (unpaired) electrons. The van der Waals surface area contributed by atoms with Gasteiger partial charge >= 0.3 is 0 Å². The van der Waals surface area contributed by atoms with Crippen LogP contribution in [0.4, 0.5) is 0 Å². The van der Waals surface area contributed by atoms with Crippen molar-refractivity contribution in [2.45, 2.75) is 51.9 Å². The van der Waals surface area contributed by atoms with Crippen molar-refractivity contribution in [3.8, 4) is 11.5 Å². The molecule has 11 heteroatoms. The Bertz CT molecular complexity index is 1390. The van der Waals surface area contributed by atoms with E-state index in [0.29, 0.717) is 34.7 Å². The van der Waals surface area contributed by atoms with Gasteiger partial charge in [0.15, 0.2) is 0 Å². The largest absolute Gasteiger partial charge is 0.457 e. The van der Waals surface area contributed by atoms with Gasteiger partial charge in [-0.2, -0.15) is 5.10 Å². The maximum Gasteiger partial charge on any atom is 0.228 e. The Kier molecular flexibility index (Phi) is 9.50. The Morgan fingerprint density at radius 3 is 2.60 bits per heavy atom. The normalized spacial score (nSPS) is 17.4. The van der Waals surface area contributed by atoms with E-state index in [-0.39, 0.29) is 24.8 Å². The molecule has 0 saturated carbocycles. The molecule has 214 valence electrons. The second-order valence-corrected chi connectivity index (χ2v) is 12.6. The third kappa shape index (κ3) is 6.82. The van der Waals surface area contributed by atoms with Crippen LogP contribution in [-0.4, -0.2) is 57.7 Å². The van der Waals surface area contributed by atoms with Crippen LogP contribution in [0.2, 0.25) is 10.0 Å². The van der Waals surface area contributed by atoms with Gasteiger partial charge in [-0.3, -0.25) is 14.3 Å². The predicted molar refractivity (Wildman–Crippen MR) is 159 cm³/mol. The van der Waals surface area contributed by atoms with Gasteiger partial charge in [0.1, 0.15) is 11.5 Å². The summed E-state index contributed by atoms with van der Waals surface area (Å²) in [4.78, 5) is 30.7. The summed E-state index contributed by atoms with van der Waals surface area (Å²) in [7, 11) is 3.38. The van der Waals surface area contributed by atoms with Gasteiger partial charge in [-0.1, -0.05) is 45.2 Å². The molecule has 1 saturated heterocycles. The highest BCUT2D eigenvalue weighted by Gasteiger charge is 2.49. The fourth-order valence-electron chi connectivity index (χ4n) is 5.01. The molecular weight excluding hydrogens is 619 g/mol. The first-order chi connectivity index (χ1) is 18.9. The van der Waals surface area contributed by atoms with Gasteiger partial charge in [-0.05, 0) is 45.0 Å². The van der Waals surface area contributed by atoms with Gasteiger partial charge in [0.05, 0.1) is 41.4 Å². The quantitative estimate of drug-likeness (QED) is 0.256. The molecule has 2 aromatic carbocycles. The first kappa shape index (κ1) is 30.4. The SMILES string of the molecule is COCCn1cc(C2C(C(=O)N(C)Cc3ccc(Br)cc3Oc3ccc(Cl)c(Cl)c3)CC(=O)N2C(C)(C)C)cn1. The fourth-order valence-corrected chi connectivity index (χ4v) is 5.63. The molecule has 40 heavy (non-hydrogen) atoms. The highest BCUT2D eigenvalue weighted by atomic mass is 79.9. The number of benzene rings is 2. The van der Waals surface area contributed by atoms with Gasteiger partial charge in [-0.25, -0.2) is 0 Å². The predicted octanol–water partition coefficient (Wildman–Crippen LogP) is 6.74. The number of likely N-dealkylation sites (tertiary alicyclic amines) is 1. The lowest BCUT2D eigenvalue weighted by atomic mass is 9.92. The summed E-state index contributed by atoms with van der Waals surface area (Å²) in [6, 6.07) is 10.3. The van der Waals surface area contributed by atoms with Gasteiger partial charge in [0.25, 0.3) is 0 Å². The molecule has 1 aromatic heterocycles. The van der Waals surface area contributed by atoms with Crippen molar-refractivity contribution in [1.82, 2.24) is 19.6 Å². The Hall–Kier alpha value is -2.59. The van der Waals surface area contributed by atoms with Crippen molar-refractivity contribution in [1.29, 1.82) is 0 Å². The summed E-state index contributed by atoms with van der Waals surface area (Å²) < 4.78 is 13.9. The maximum absolute atomic E-state index is 14.0. The van der Waals surface area contributed by atoms with Crippen molar-refractivity contribution >= 4 is 50.9 Å². The van der Waals surface area contributed by atoms with Crippen LogP contribution in [0.25, 0.3) is 0 Å². The standard InChI is InChI=1S/C29H33BrCl2N4O4/c1-29(2,3)36-26(37)14-22(27(36)19-15-33-35(17-19)10-11-39-5)28(38)34(4)16-18-6-7-20(30)12-25(18)40-21-8-9-23(31)24(32)13-21/h6-9,12-13,15,17,22,27H,10-11,14,16H2,1-5H3. The second-order valence-electron chi connectivity index (χ2n) is 10.8. The number of hydrogen-bond acceptors (Lipinski definition) is 5. The van der Waals surface area contributed by atoms with E-state index in [1.807, 2.05) is 50.1 Å². The second kappa shape index (κ2) is 12.5. The molecule has 1 aliphatic rings. The van der Waals surface area contributed by atoms with Gasteiger partial charge < -0.3 is 19.3 Å². The van der Waals surface area contributed by atoms with E-state index >= 15 is 0 Å². The molecule has 2 amide bonds. The lowest BCUT2D eigenvalue weighted by molar-refractivity contribution is -0.136. The molecule has 2 atom stereocenters. The van der Waals surface area contributed by atoms with Crippen molar-refractivity contribution in [3.05, 3.63) is 74.4 Å². The Morgan fingerprint density at radius 1 is 1.18 bits per heavy atom. The zero-order chi connectivity index (χ0) is 29.2. The van der Waals surface area contributed by atoms with Crippen molar-refractivity contribution in [2.75, 3.05) is 20.8 Å². The average molecular weight is 652 g/mol. The van der Waals surface area contributed by atoms with E-state index < -0.39 is 17.5 Å². The molecule has 2 heterocycles. The molecular formula is C29H33BrCl2N4O4. The summed E-state index contributed by atoms with van der Waals surface area (Å²) in [6.07, 6.45) is 3.77. The first-order valence-corrected chi connectivity index (χ1v) is 14.4. The average Bonchev–Trinajstić information content (AvgIpc) is 3.50. The Morgan fingerprint density at radius 2 is 1.93 bits per heavy atom. The van der Waals surface area contributed by atoms with Crippen LogP contribution in [-0.2, 0) is 27.4 Å². The number of nitrogens with zero attached hydrogens (tertiary/aromatic N) is 4. The lowest BCUT2D eigenvalue weighted by Crippen LogP contribution is -2.45. The number of carbonyl (C=O) groups excluding carboxylic acids is 2. The third-order valence-electron chi connectivity index (χ3n) is 6.81. The van der Waals surface area contributed by atoms with Gasteiger partial charge in [-0.15, -0.1) is 0 Å². The number of methoxy groups -OCH3 is 1. The van der Waals surface area contributed by atoms with Gasteiger partial charge in [0.2, 0.25) is 11.8 Å². The molecule has 0 aliphatic carbocycles. The molecule has 2 unspecified atom stereocenters. The highest BCUT2D eigenvalue weighted by Crippen LogP contribution is 2.43. The van der Waals surface area contributed by atoms with Crippen LogP contribution in [0.5, 0.6) is 11.5 Å². The third-order valence-corrected chi connectivity index (χ3v) is 8.05. The number of ether oxygens (including phenoxy) is 2. The van der Waals surface area contributed by atoms with Crippen molar-refractivity contribution < 1.29 is 19.1 Å². The van der Waals surface area contributed by atoms with Gasteiger partial charge in [0, 0.05) is 60.5 Å². The highest BCUT2D eigenvalue weighted by molar-refractivity contribution is 9.10. The van der Waals surface area contributed by atoms with Crippen LogP contribution < -0.4 is 4.74 Å². The van der Waals surface area contributed by atoms with Crippen molar-refractivity contribution in [3.63, 3.8) is 0 Å². The maximum atomic E-state index is 14.0. The zero-order valence-corrected chi connectivity index (χ0v) is 26.3. The van der Waals surface area contributed by atoms with E-state index in [9.17, 15) is 9.59 Å². The summed E-state index contributed by atoms with van der Waals surface area (Å²) >= 11 is 15.7. The van der Waals surface area contributed by atoms with Crippen LogP contribution in [0, 0.1) is 5.92 Å². The summed E-state index contributed by atoms with van der Waals surface area (Å²) in [5, 5.41) is 5.27.